The summed E-state index contributed by atoms with van der Waals surface area (Å²) in [6.45, 7) is 1.66. The summed E-state index contributed by atoms with van der Waals surface area (Å²) in [5.74, 6) is 0.684. The Bertz CT molecular complexity index is 1200. The van der Waals surface area contributed by atoms with Crippen LogP contribution >= 0.6 is 11.6 Å². The molecule has 3 aromatic rings. The van der Waals surface area contributed by atoms with Gasteiger partial charge in [-0.25, -0.2) is 4.68 Å². The third kappa shape index (κ3) is 4.41. The van der Waals surface area contributed by atoms with Crippen molar-refractivity contribution in [3.8, 4) is 22.6 Å². The van der Waals surface area contributed by atoms with Crippen molar-refractivity contribution in [3.05, 3.63) is 69.5 Å². The molecule has 1 aliphatic rings. The summed E-state index contributed by atoms with van der Waals surface area (Å²) in [5, 5.41) is 8.09. The Hall–Kier alpha value is -3.12. The van der Waals surface area contributed by atoms with E-state index >= 15 is 0 Å². The van der Waals surface area contributed by atoms with Gasteiger partial charge in [-0.05, 0) is 44.0 Å². The molecule has 1 aromatic heterocycles. The normalized spacial score (nSPS) is 14.2. The van der Waals surface area contributed by atoms with Crippen molar-refractivity contribution in [2.45, 2.75) is 39.0 Å². The highest BCUT2D eigenvalue weighted by molar-refractivity contribution is 6.30. The van der Waals surface area contributed by atoms with Crippen molar-refractivity contribution in [1.29, 1.82) is 0 Å². The number of aryl methyl sites for hydroxylation is 1. The van der Waals surface area contributed by atoms with Crippen LogP contribution in [0.4, 0.5) is 5.82 Å². The molecule has 0 radical (unpaired) electrons. The fourth-order valence-corrected chi connectivity index (χ4v) is 4.42. The molecule has 0 bridgehead atoms. The van der Waals surface area contributed by atoms with Crippen molar-refractivity contribution < 1.29 is 9.53 Å². The van der Waals surface area contributed by atoms with Gasteiger partial charge in [0, 0.05) is 16.5 Å². The van der Waals surface area contributed by atoms with E-state index in [1.54, 1.807) is 36.9 Å². The number of amides is 1. The Morgan fingerprint density at radius 1 is 1.12 bits per heavy atom. The van der Waals surface area contributed by atoms with E-state index in [9.17, 15) is 9.59 Å². The minimum Gasteiger partial charge on any atom is -0.496 e. The van der Waals surface area contributed by atoms with Crippen LogP contribution in [0.3, 0.4) is 0 Å². The molecular formula is C25H26ClN3O3. The van der Waals surface area contributed by atoms with Gasteiger partial charge in [0.05, 0.1) is 18.4 Å². The number of aromatic nitrogens is 2. The Labute approximate surface area is 192 Å². The first-order valence-electron chi connectivity index (χ1n) is 10.8. The van der Waals surface area contributed by atoms with Crippen LogP contribution in [0.5, 0.6) is 5.75 Å². The molecule has 32 heavy (non-hydrogen) atoms. The SMILES string of the molecule is COc1ccccc1-c1c(NC(=O)C2CCCCC2)n(-c2cccc(Cl)c2)nc(C)c1=O. The van der Waals surface area contributed by atoms with Gasteiger partial charge in [0.15, 0.2) is 0 Å². The molecule has 1 fully saturated rings. The molecule has 2 aromatic carbocycles. The minimum absolute atomic E-state index is 0.0847. The third-order valence-corrected chi connectivity index (χ3v) is 6.14. The molecule has 1 aliphatic carbocycles. The van der Waals surface area contributed by atoms with E-state index in [0.717, 1.165) is 32.1 Å². The van der Waals surface area contributed by atoms with E-state index in [-0.39, 0.29) is 17.3 Å². The van der Waals surface area contributed by atoms with Crippen LogP contribution in [-0.4, -0.2) is 22.8 Å². The van der Waals surface area contributed by atoms with Gasteiger partial charge in [-0.1, -0.05) is 55.1 Å². The Morgan fingerprint density at radius 2 is 1.88 bits per heavy atom. The molecular weight excluding hydrogens is 426 g/mol. The van der Waals surface area contributed by atoms with Crippen LogP contribution in [0.2, 0.25) is 5.02 Å². The number of para-hydroxylation sites is 1. The maximum Gasteiger partial charge on any atom is 0.228 e. The van der Waals surface area contributed by atoms with Crippen molar-refractivity contribution in [3.63, 3.8) is 0 Å². The van der Waals surface area contributed by atoms with Crippen LogP contribution in [0, 0.1) is 12.8 Å². The van der Waals surface area contributed by atoms with Crippen LogP contribution in [0.25, 0.3) is 16.8 Å². The zero-order chi connectivity index (χ0) is 22.7. The van der Waals surface area contributed by atoms with E-state index < -0.39 is 0 Å². The van der Waals surface area contributed by atoms with Crippen LogP contribution < -0.4 is 15.5 Å². The first-order chi connectivity index (χ1) is 15.5. The van der Waals surface area contributed by atoms with Crippen LogP contribution in [0.1, 0.15) is 37.8 Å². The van der Waals surface area contributed by atoms with Gasteiger partial charge in [-0.3, -0.25) is 9.59 Å². The minimum atomic E-state index is -0.258. The van der Waals surface area contributed by atoms with Gasteiger partial charge in [0.1, 0.15) is 17.3 Å². The number of rotatable bonds is 5. The lowest BCUT2D eigenvalue weighted by Gasteiger charge is -2.24. The molecule has 0 aliphatic heterocycles. The monoisotopic (exact) mass is 451 g/mol. The average molecular weight is 452 g/mol. The summed E-state index contributed by atoms with van der Waals surface area (Å²) in [7, 11) is 1.56. The quantitative estimate of drug-likeness (QED) is 0.564. The molecule has 1 saturated carbocycles. The number of anilines is 1. The average Bonchev–Trinajstić information content (AvgIpc) is 2.82. The fourth-order valence-electron chi connectivity index (χ4n) is 4.23. The lowest BCUT2D eigenvalue weighted by atomic mass is 9.88. The molecule has 4 rings (SSSR count). The second-order valence-corrected chi connectivity index (χ2v) is 8.49. The number of hydrogen-bond donors (Lipinski definition) is 1. The number of carbonyl (C=O) groups is 1. The lowest BCUT2D eigenvalue weighted by Crippen LogP contribution is -2.29. The van der Waals surface area contributed by atoms with Gasteiger partial charge in [0.25, 0.3) is 0 Å². The molecule has 0 unspecified atom stereocenters. The van der Waals surface area contributed by atoms with Crippen molar-refractivity contribution in [2.24, 2.45) is 5.92 Å². The third-order valence-electron chi connectivity index (χ3n) is 5.90. The van der Waals surface area contributed by atoms with E-state index in [0.29, 0.717) is 39.1 Å². The summed E-state index contributed by atoms with van der Waals surface area (Å²) >= 11 is 6.24. The van der Waals surface area contributed by atoms with E-state index in [2.05, 4.69) is 10.4 Å². The zero-order valence-corrected chi connectivity index (χ0v) is 19.0. The second kappa shape index (κ2) is 9.57. The van der Waals surface area contributed by atoms with Crippen molar-refractivity contribution >= 4 is 23.3 Å². The number of nitrogens with one attached hydrogen (secondary N) is 1. The zero-order valence-electron chi connectivity index (χ0n) is 18.2. The molecule has 1 amide bonds. The number of hydrogen-bond acceptors (Lipinski definition) is 4. The number of methoxy groups -OCH3 is 1. The first kappa shape index (κ1) is 22.1. The highest BCUT2D eigenvalue weighted by atomic mass is 35.5. The van der Waals surface area contributed by atoms with Crippen molar-refractivity contribution in [1.82, 2.24) is 9.78 Å². The Kier molecular flexibility index (Phi) is 6.61. The number of benzene rings is 2. The smallest absolute Gasteiger partial charge is 0.228 e. The van der Waals surface area contributed by atoms with Gasteiger partial charge in [-0.2, -0.15) is 5.10 Å². The van der Waals surface area contributed by atoms with Crippen LogP contribution in [0.15, 0.2) is 53.3 Å². The summed E-state index contributed by atoms with van der Waals surface area (Å²) in [5.41, 5.74) is 1.64. The molecule has 6 nitrogen and oxygen atoms in total. The Morgan fingerprint density at radius 3 is 2.59 bits per heavy atom. The molecule has 166 valence electrons. The van der Waals surface area contributed by atoms with E-state index in [1.807, 2.05) is 30.3 Å². The summed E-state index contributed by atoms with van der Waals surface area (Å²) in [4.78, 5) is 26.6. The fraction of sp³-hybridized carbons (Fsp3) is 0.320. The molecule has 0 saturated heterocycles. The largest absolute Gasteiger partial charge is 0.496 e. The maximum absolute atomic E-state index is 13.4. The van der Waals surface area contributed by atoms with Gasteiger partial charge >= 0.3 is 0 Å². The molecule has 1 N–H and O–H groups in total. The standard InChI is InChI=1S/C25H26ClN3O3/c1-16-23(30)22(20-13-6-7-14-21(20)32-2)24(27-25(31)17-9-4-3-5-10-17)29(28-16)19-12-8-11-18(26)15-19/h6-8,11-15,17H,3-5,9-10H2,1-2H3,(H,27,31). The maximum atomic E-state index is 13.4. The number of ether oxygens (including phenoxy) is 1. The van der Waals surface area contributed by atoms with Crippen molar-refractivity contribution in [2.75, 3.05) is 12.4 Å². The first-order valence-corrected chi connectivity index (χ1v) is 11.2. The number of halogens is 1. The summed E-state index contributed by atoms with van der Waals surface area (Å²) < 4.78 is 7.12. The van der Waals surface area contributed by atoms with Gasteiger partial charge in [0.2, 0.25) is 11.3 Å². The second-order valence-electron chi connectivity index (χ2n) is 8.05. The topological polar surface area (TPSA) is 73.2 Å². The summed E-state index contributed by atoms with van der Waals surface area (Å²) in [6, 6.07) is 14.4. The highest BCUT2D eigenvalue weighted by Gasteiger charge is 2.26. The molecule has 1 heterocycles. The van der Waals surface area contributed by atoms with Crippen LogP contribution in [-0.2, 0) is 4.79 Å². The van der Waals surface area contributed by atoms with E-state index in [4.69, 9.17) is 16.3 Å². The predicted molar refractivity (Wildman–Crippen MR) is 127 cm³/mol. The highest BCUT2D eigenvalue weighted by Crippen LogP contribution is 2.35. The number of nitrogens with zero attached hydrogens (tertiary/aromatic N) is 2. The van der Waals surface area contributed by atoms with Gasteiger partial charge in [-0.15, -0.1) is 0 Å². The molecule has 0 spiro atoms. The summed E-state index contributed by atoms with van der Waals surface area (Å²) in [6.07, 6.45) is 4.90. The number of carbonyl (C=O) groups excluding carboxylic acids is 1. The van der Waals surface area contributed by atoms with Gasteiger partial charge < -0.3 is 10.1 Å². The lowest BCUT2D eigenvalue weighted by molar-refractivity contribution is -0.120. The van der Waals surface area contributed by atoms with E-state index in [1.165, 1.54) is 0 Å². The predicted octanol–water partition coefficient (Wildman–Crippen LogP) is 5.39. The molecule has 0 atom stereocenters. The molecule has 7 heteroatoms. The Balaban J connectivity index is 1.95.